The van der Waals surface area contributed by atoms with Crippen LogP contribution in [0.2, 0.25) is 0 Å². The summed E-state index contributed by atoms with van der Waals surface area (Å²) in [5.41, 5.74) is 0.773. The van der Waals surface area contributed by atoms with Crippen LogP contribution in [0.1, 0.15) is 10.4 Å². The quantitative estimate of drug-likeness (QED) is 0.466. The molecule has 118 valence electrons. The summed E-state index contributed by atoms with van der Waals surface area (Å²) in [4.78, 5) is 14.6. The van der Waals surface area contributed by atoms with Crippen molar-refractivity contribution in [1.82, 2.24) is 4.90 Å². The molecule has 0 atom stereocenters. The molecule has 0 unspecified atom stereocenters. The fraction of sp³-hybridized carbons (Fsp3) is 0.500. The third kappa shape index (κ3) is 5.61. The molecule has 1 aromatic carbocycles. The Labute approximate surface area is 133 Å². The zero-order chi connectivity index (χ0) is 15.8. The number of morpholine rings is 1. The molecule has 4 heteroatoms. The van der Waals surface area contributed by atoms with Gasteiger partial charge in [-0.2, -0.15) is 0 Å². The average Bonchev–Trinajstić information content (AvgIpc) is 2.53. The number of rotatable bonds is 5. The Morgan fingerprint density at radius 3 is 2.55 bits per heavy atom. The molecule has 0 saturated carbocycles. The first-order valence-corrected chi connectivity index (χ1v) is 7.73. The van der Waals surface area contributed by atoms with Crippen LogP contribution >= 0.6 is 0 Å². The van der Waals surface area contributed by atoms with Crippen molar-refractivity contribution >= 4 is 5.78 Å². The summed E-state index contributed by atoms with van der Waals surface area (Å²) in [5, 5.41) is 0. The van der Waals surface area contributed by atoms with Gasteiger partial charge in [-0.1, -0.05) is 36.3 Å². The van der Waals surface area contributed by atoms with E-state index in [1.165, 1.54) is 0 Å². The highest BCUT2D eigenvalue weighted by Crippen LogP contribution is 2.05. The number of ether oxygens (including phenoxy) is 1. The summed E-state index contributed by atoms with van der Waals surface area (Å²) in [7, 11) is 4.09. The molecule has 1 heterocycles. The largest absolute Gasteiger partial charge is 0.379 e. The average molecular weight is 301 g/mol. The van der Waals surface area contributed by atoms with Crippen LogP contribution in [-0.2, 0) is 4.74 Å². The van der Waals surface area contributed by atoms with Crippen LogP contribution in [0.5, 0.6) is 0 Å². The summed E-state index contributed by atoms with van der Waals surface area (Å²) in [6, 6.07) is 9.46. The molecule has 0 aromatic heterocycles. The van der Waals surface area contributed by atoms with Crippen molar-refractivity contribution in [3.8, 4) is 11.8 Å². The van der Waals surface area contributed by atoms with Gasteiger partial charge in [0.05, 0.1) is 33.9 Å². The van der Waals surface area contributed by atoms with Crippen molar-refractivity contribution in [2.24, 2.45) is 0 Å². The van der Waals surface area contributed by atoms with E-state index >= 15 is 0 Å². The molecule has 0 bridgehead atoms. The van der Waals surface area contributed by atoms with Crippen LogP contribution in [-0.4, -0.2) is 75.2 Å². The van der Waals surface area contributed by atoms with E-state index in [0.29, 0.717) is 17.6 Å². The normalized spacial score (nSPS) is 15.9. The van der Waals surface area contributed by atoms with Crippen LogP contribution in [0, 0.1) is 11.8 Å². The molecule has 1 aromatic rings. The second-order valence-electron chi connectivity index (χ2n) is 6.28. The molecule has 2 rings (SSSR count). The number of Topliss-reactive ketones (excluding diaryl/α,β-unsaturated/α-hetero) is 1. The zero-order valence-electron chi connectivity index (χ0n) is 13.5. The van der Waals surface area contributed by atoms with Gasteiger partial charge in [0.25, 0.3) is 0 Å². The maximum Gasteiger partial charge on any atom is 0.216 e. The van der Waals surface area contributed by atoms with Crippen LogP contribution in [0.3, 0.4) is 0 Å². The first-order chi connectivity index (χ1) is 10.6. The molecule has 1 fully saturated rings. The second-order valence-corrected chi connectivity index (χ2v) is 6.28. The van der Waals surface area contributed by atoms with Crippen LogP contribution in [0.25, 0.3) is 0 Å². The van der Waals surface area contributed by atoms with Crippen LogP contribution < -0.4 is 0 Å². The number of nitrogens with zero attached hydrogens (tertiary/aromatic N) is 2. The number of carbonyl (C=O) groups excluding carboxylic acids is 1. The van der Waals surface area contributed by atoms with E-state index < -0.39 is 0 Å². The fourth-order valence-electron chi connectivity index (χ4n) is 2.36. The smallest absolute Gasteiger partial charge is 0.216 e. The SMILES string of the molecule is C[N+](C)(CC#CCN1CCOCC1)CC(=O)c1ccccc1. The van der Waals surface area contributed by atoms with Gasteiger partial charge in [0.15, 0.2) is 0 Å². The third-order valence-electron chi connectivity index (χ3n) is 3.71. The standard InChI is InChI=1S/C18H25N2O2/c1-20(2,16-18(21)17-8-4-3-5-9-17)13-7-6-10-19-11-14-22-15-12-19/h3-5,8-9H,10-16H2,1-2H3/q+1. The van der Waals surface area contributed by atoms with E-state index in [2.05, 4.69) is 16.7 Å². The van der Waals surface area contributed by atoms with E-state index in [-0.39, 0.29) is 5.78 Å². The Hall–Kier alpha value is -1.67. The predicted molar refractivity (Wildman–Crippen MR) is 87.6 cm³/mol. The minimum Gasteiger partial charge on any atom is -0.379 e. The molecule has 1 aliphatic rings. The molecule has 4 nitrogen and oxygen atoms in total. The molecule has 0 N–H and O–H groups in total. The molecule has 1 saturated heterocycles. The minimum atomic E-state index is 0.167. The van der Waals surface area contributed by atoms with Gasteiger partial charge < -0.3 is 9.22 Å². The van der Waals surface area contributed by atoms with Gasteiger partial charge in [0, 0.05) is 18.7 Å². The van der Waals surface area contributed by atoms with Gasteiger partial charge in [0.2, 0.25) is 5.78 Å². The van der Waals surface area contributed by atoms with E-state index in [9.17, 15) is 4.79 Å². The minimum absolute atomic E-state index is 0.167. The summed E-state index contributed by atoms with van der Waals surface area (Å²) < 4.78 is 5.90. The van der Waals surface area contributed by atoms with E-state index in [0.717, 1.165) is 38.4 Å². The van der Waals surface area contributed by atoms with Crippen molar-refractivity contribution in [3.05, 3.63) is 35.9 Å². The summed E-state index contributed by atoms with van der Waals surface area (Å²) in [5.74, 6) is 6.60. The Balaban J connectivity index is 1.79. The van der Waals surface area contributed by atoms with Crippen molar-refractivity contribution in [2.45, 2.75) is 0 Å². The topological polar surface area (TPSA) is 29.5 Å². The van der Waals surface area contributed by atoms with Gasteiger partial charge in [-0.15, -0.1) is 0 Å². The lowest BCUT2D eigenvalue weighted by Gasteiger charge is -2.27. The lowest BCUT2D eigenvalue weighted by atomic mass is 10.1. The van der Waals surface area contributed by atoms with Gasteiger partial charge in [-0.25, -0.2) is 0 Å². The Kier molecular flexibility index (Phi) is 6.14. The lowest BCUT2D eigenvalue weighted by Crippen LogP contribution is -2.44. The molecule has 0 radical (unpaired) electrons. The highest BCUT2D eigenvalue weighted by Gasteiger charge is 2.19. The second kappa shape index (κ2) is 8.09. The van der Waals surface area contributed by atoms with Crippen molar-refractivity contribution in [3.63, 3.8) is 0 Å². The maximum atomic E-state index is 12.3. The number of likely N-dealkylation sites (N-methyl/N-ethyl adjacent to an activating group) is 1. The predicted octanol–water partition coefficient (Wildman–Crippen LogP) is 1.28. The van der Waals surface area contributed by atoms with Crippen LogP contribution in [0.15, 0.2) is 30.3 Å². The first-order valence-electron chi connectivity index (χ1n) is 7.73. The van der Waals surface area contributed by atoms with Crippen molar-refractivity contribution in [1.29, 1.82) is 0 Å². The Morgan fingerprint density at radius 1 is 1.18 bits per heavy atom. The maximum absolute atomic E-state index is 12.3. The molecule has 0 spiro atoms. The Morgan fingerprint density at radius 2 is 1.86 bits per heavy atom. The highest BCUT2D eigenvalue weighted by atomic mass is 16.5. The molecule has 0 aliphatic carbocycles. The van der Waals surface area contributed by atoms with Gasteiger partial charge in [0.1, 0.15) is 13.1 Å². The summed E-state index contributed by atoms with van der Waals surface area (Å²) in [6.07, 6.45) is 0. The van der Waals surface area contributed by atoms with Gasteiger partial charge in [-0.05, 0) is 5.92 Å². The Bertz CT molecular complexity index is 537. The van der Waals surface area contributed by atoms with Crippen molar-refractivity contribution in [2.75, 3.05) is 60.0 Å². The van der Waals surface area contributed by atoms with E-state index in [4.69, 9.17) is 4.74 Å². The van der Waals surface area contributed by atoms with Gasteiger partial charge in [-0.3, -0.25) is 9.69 Å². The van der Waals surface area contributed by atoms with Crippen LogP contribution in [0.4, 0.5) is 0 Å². The number of quaternary nitrogens is 1. The van der Waals surface area contributed by atoms with Crippen molar-refractivity contribution < 1.29 is 14.0 Å². The number of hydrogen-bond acceptors (Lipinski definition) is 3. The fourth-order valence-corrected chi connectivity index (χ4v) is 2.36. The number of ketones is 1. The molecule has 22 heavy (non-hydrogen) atoms. The highest BCUT2D eigenvalue weighted by molar-refractivity contribution is 5.96. The van der Waals surface area contributed by atoms with E-state index in [1.54, 1.807) is 0 Å². The third-order valence-corrected chi connectivity index (χ3v) is 3.71. The molecular formula is C18H25N2O2+. The first kappa shape index (κ1) is 16.7. The monoisotopic (exact) mass is 301 g/mol. The molecule has 0 amide bonds. The molecular weight excluding hydrogens is 276 g/mol. The number of hydrogen-bond donors (Lipinski definition) is 0. The van der Waals surface area contributed by atoms with E-state index in [1.807, 2.05) is 44.4 Å². The lowest BCUT2D eigenvalue weighted by molar-refractivity contribution is -0.874. The summed E-state index contributed by atoms with van der Waals surface area (Å²) >= 11 is 0. The molecule has 1 aliphatic heterocycles. The summed E-state index contributed by atoms with van der Waals surface area (Å²) in [6.45, 7) is 5.46. The van der Waals surface area contributed by atoms with Gasteiger partial charge >= 0.3 is 0 Å². The number of benzene rings is 1. The zero-order valence-corrected chi connectivity index (χ0v) is 13.5. The number of carbonyl (C=O) groups is 1.